The van der Waals surface area contributed by atoms with E-state index in [0.29, 0.717) is 18.8 Å². The second-order valence-electron chi connectivity index (χ2n) is 6.62. The summed E-state index contributed by atoms with van der Waals surface area (Å²) in [5.41, 5.74) is 0.134. The van der Waals surface area contributed by atoms with Crippen LogP contribution in [0.4, 0.5) is 0 Å². The molecule has 0 saturated carbocycles. The summed E-state index contributed by atoms with van der Waals surface area (Å²) in [6.45, 7) is 0.923. The van der Waals surface area contributed by atoms with E-state index < -0.39 is 16.0 Å². The first-order valence-electron chi connectivity index (χ1n) is 8.96. The van der Waals surface area contributed by atoms with Gasteiger partial charge in [-0.1, -0.05) is 48.0 Å². The van der Waals surface area contributed by atoms with Crippen LogP contribution in [0.25, 0.3) is 10.8 Å². The first kappa shape index (κ1) is 18.9. The standard InChI is InChI=1S/C21H18ClNO4S/c22-18-11-10-16(14-20(18)28(25,26)23-12-3-4-13-23)21(24)27-19-9-5-7-15-6-1-2-8-17(15)19/h1-2,5-11,14H,3-4,12-13H2. The molecular formula is C21H18ClNO4S. The minimum Gasteiger partial charge on any atom is -0.422 e. The summed E-state index contributed by atoms with van der Waals surface area (Å²) in [5.74, 6) is -0.215. The Hall–Kier alpha value is -2.41. The molecule has 0 N–H and O–H groups in total. The molecule has 5 nitrogen and oxygen atoms in total. The molecule has 1 fully saturated rings. The van der Waals surface area contributed by atoms with Gasteiger partial charge in [0.05, 0.1) is 10.6 Å². The van der Waals surface area contributed by atoms with Crippen LogP contribution >= 0.6 is 11.6 Å². The van der Waals surface area contributed by atoms with Gasteiger partial charge in [-0.2, -0.15) is 4.31 Å². The van der Waals surface area contributed by atoms with Crippen molar-refractivity contribution >= 4 is 38.4 Å². The zero-order valence-electron chi connectivity index (χ0n) is 15.0. The first-order valence-corrected chi connectivity index (χ1v) is 10.8. The Morgan fingerprint density at radius 3 is 2.46 bits per heavy atom. The van der Waals surface area contributed by atoms with Gasteiger partial charge in [-0.3, -0.25) is 0 Å². The Morgan fingerprint density at radius 2 is 1.68 bits per heavy atom. The highest BCUT2D eigenvalue weighted by Gasteiger charge is 2.30. The van der Waals surface area contributed by atoms with E-state index in [1.165, 1.54) is 22.5 Å². The Labute approximate surface area is 168 Å². The van der Waals surface area contributed by atoms with Gasteiger partial charge >= 0.3 is 5.97 Å². The lowest BCUT2D eigenvalue weighted by Gasteiger charge is -2.17. The highest BCUT2D eigenvalue weighted by atomic mass is 35.5. The molecule has 0 aromatic heterocycles. The number of fused-ring (bicyclic) bond motifs is 1. The average Bonchev–Trinajstić information content (AvgIpc) is 3.24. The van der Waals surface area contributed by atoms with Crippen molar-refractivity contribution < 1.29 is 17.9 Å². The molecule has 28 heavy (non-hydrogen) atoms. The predicted molar refractivity (Wildman–Crippen MR) is 108 cm³/mol. The smallest absolute Gasteiger partial charge is 0.343 e. The van der Waals surface area contributed by atoms with E-state index in [-0.39, 0.29) is 15.5 Å². The first-order chi connectivity index (χ1) is 13.5. The zero-order valence-corrected chi connectivity index (χ0v) is 16.5. The van der Waals surface area contributed by atoms with Gasteiger partial charge in [0.25, 0.3) is 0 Å². The molecule has 3 aromatic carbocycles. The summed E-state index contributed by atoms with van der Waals surface area (Å²) >= 11 is 6.14. The van der Waals surface area contributed by atoms with Crippen LogP contribution in [0.15, 0.2) is 65.6 Å². The molecule has 1 aliphatic heterocycles. The van der Waals surface area contributed by atoms with Crippen LogP contribution in [0.1, 0.15) is 23.2 Å². The van der Waals surface area contributed by atoms with Crippen molar-refractivity contribution in [2.75, 3.05) is 13.1 Å². The normalized spacial score (nSPS) is 15.0. The van der Waals surface area contributed by atoms with Crippen LogP contribution in [0.2, 0.25) is 5.02 Å². The summed E-state index contributed by atoms with van der Waals surface area (Å²) in [6.07, 6.45) is 1.64. The fourth-order valence-electron chi connectivity index (χ4n) is 3.34. The number of sulfonamides is 1. The predicted octanol–water partition coefficient (Wildman–Crippen LogP) is 4.50. The Bertz CT molecular complexity index is 1150. The van der Waals surface area contributed by atoms with E-state index >= 15 is 0 Å². The van der Waals surface area contributed by atoms with Crippen LogP contribution in [0.3, 0.4) is 0 Å². The molecule has 3 aromatic rings. The minimum absolute atomic E-state index is 0.0663. The maximum Gasteiger partial charge on any atom is 0.343 e. The highest BCUT2D eigenvalue weighted by molar-refractivity contribution is 7.89. The van der Waals surface area contributed by atoms with Gasteiger partial charge in [-0.25, -0.2) is 13.2 Å². The minimum atomic E-state index is -3.74. The van der Waals surface area contributed by atoms with Crippen LogP contribution in [-0.4, -0.2) is 31.8 Å². The van der Waals surface area contributed by atoms with Crippen molar-refractivity contribution in [1.29, 1.82) is 0 Å². The number of carbonyl (C=O) groups excluding carboxylic acids is 1. The Balaban J connectivity index is 1.67. The molecule has 1 aliphatic rings. The summed E-state index contributed by atoms with van der Waals surface area (Å²) in [6, 6.07) is 17.2. The maximum absolute atomic E-state index is 12.9. The van der Waals surface area contributed by atoms with E-state index in [0.717, 1.165) is 23.6 Å². The molecule has 0 bridgehead atoms. The second kappa shape index (κ2) is 7.54. The van der Waals surface area contributed by atoms with E-state index in [2.05, 4.69) is 0 Å². The number of halogens is 1. The highest BCUT2D eigenvalue weighted by Crippen LogP contribution is 2.30. The molecule has 4 rings (SSSR count). The van der Waals surface area contributed by atoms with E-state index in [1.807, 2.05) is 30.3 Å². The number of carbonyl (C=O) groups is 1. The largest absolute Gasteiger partial charge is 0.422 e. The van der Waals surface area contributed by atoms with E-state index in [1.54, 1.807) is 12.1 Å². The molecule has 7 heteroatoms. The average molecular weight is 416 g/mol. The topological polar surface area (TPSA) is 63.7 Å². The number of nitrogens with zero attached hydrogens (tertiary/aromatic N) is 1. The molecular weight excluding hydrogens is 398 g/mol. The summed E-state index contributed by atoms with van der Waals surface area (Å²) in [5, 5.41) is 1.84. The summed E-state index contributed by atoms with van der Waals surface area (Å²) < 4.78 is 32.7. The van der Waals surface area contributed by atoms with Crippen LogP contribution in [0.5, 0.6) is 5.75 Å². The molecule has 1 heterocycles. The van der Waals surface area contributed by atoms with Gasteiger partial charge in [0.1, 0.15) is 10.6 Å². The lowest BCUT2D eigenvalue weighted by atomic mass is 10.1. The fraction of sp³-hybridized carbons (Fsp3) is 0.190. The number of esters is 1. The van der Waals surface area contributed by atoms with Crippen molar-refractivity contribution in [2.24, 2.45) is 0 Å². The third-order valence-electron chi connectivity index (χ3n) is 4.80. The summed E-state index contributed by atoms with van der Waals surface area (Å²) in [4.78, 5) is 12.6. The van der Waals surface area contributed by atoms with Gasteiger partial charge in [-0.05, 0) is 42.5 Å². The van der Waals surface area contributed by atoms with Gasteiger partial charge in [-0.15, -0.1) is 0 Å². The van der Waals surface area contributed by atoms with Crippen molar-refractivity contribution in [3.63, 3.8) is 0 Å². The molecule has 0 spiro atoms. The van der Waals surface area contributed by atoms with Gasteiger partial charge in [0.15, 0.2) is 0 Å². The van der Waals surface area contributed by atoms with E-state index in [9.17, 15) is 13.2 Å². The third-order valence-corrected chi connectivity index (χ3v) is 7.18. The number of hydrogen-bond donors (Lipinski definition) is 0. The molecule has 0 amide bonds. The monoisotopic (exact) mass is 415 g/mol. The Kier molecular flexibility index (Phi) is 5.10. The number of hydrogen-bond acceptors (Lipinski definition) is 4. The van der Waals surface area contributed by atoms with Crippen LogP contribution in [-0.2, 0) is 10.0 Å². The third kappa shape index (κ3) is 3.51. The van der Waals surface area contributed by atoms with Crippen molar-refractivity contribution in [3.8, 4) is 5.75 Å². The molecule has 0 atom stereocenters. The van der Waals surface area contributed by atoms with Crippen molar-refractivity contribution in [3.05, 3.63) is 71.2 Å². The van der Waals surface area contributed by atoms with Crippen molar-refractivity contribution in [1.82, 2.24) is 4.31 Å². The van der Waals surface area contributed by atoms with Gasteiger partial charge in [0, 0.05) is 18.5 Å². The molecule has 0 radical (unpaired) electrons. The van der Waals surface area contributed by atoms with E-state index in [4.69, 9.17) is 16.3 Å². The zero-order chi connectivity index (χ0) is 19.7. The lowest BCUT2D eigenvalue weighted by Crippen LogP contribution is -2.28. The number of benzene rings is 3. The van der Waals surface area contributed by atoms with Crippen LogP contribution in [0, 0.1) is 0 Å². The number of ether oxygens (including phenoxy) is 1. The summed E-state index contributed by atoms with van der Waals surface area (Å²) in [7, 11) is -3.74. The van der Waals surface area contributed by atoms with Gasteiger partial charge < -0.3 is 4.74 Å². The van der Waals surface area contributed by atoms with Crippen molar-refractivity contribution in [2.45, 2.75) is 17.7 Å². The molecule has 144 valence electrons. The second-order valence-corrected chi connectivity index (χ2v) is 8.94. The molecule has 0 aliphatic carbocycles. The van der Waals surface area contributed by atoms with Crippen LogP contribution < -0.4 is 4.74 Å². The molecule has 1 saturated heterocycles. The number of rotatable bonds is 4. The Morgan fingerprint density at radius 1 is 0.964 bits per heavy atom. The maximum atomic E-state index is 12.9. The lowest BCUT2D eigenvalue weighted by molar-refractivity contribution is 0.0737. The van der Waals surface area contributed by atoms with Gasteiger partial charge in [0.2, 0.25) is 10.0 Å². The SMILES string of the molecule is O=C(Oc1cccc2ccccc12)c1ccc(Cl)c(S(=O)(=O)N2CCCC2)c1. The quantitative estimate of drug-likeness (QED) is 0.465. The fourth-order valence-corrected chi connectivity index (χ4v) is 5.36. The molecule has 0 unspecified atom stereocenters.